The van der Waals surface area contributed by atoms with Crippen LogP contribution in [0.15, 0.2) is 0 Å². The van der Waals surface area contributed by atoms with Gasteiger partial charge in [0.05, 0.1) is 5.41 Å². The van der Waals surface area contributed by atoms with Crippen molar-refractivity contribution in [3.63, 3.8) is 0 Å². The second-order valence-corrected chi connectivity index (χ2v) is 4.87. The Bertz CT molecular complexity index is 195. The van der Waals surface area contributed by atoms with Gasteiger partial charge in [0.25, 0.3) is 0 Å². The van der Waals surface area contributed by atoms with Gasteiger partial charge in [-0.05, 0) is 39.7 Å². The van der Waals surface area contributed by atoms with Gasteiger partial charge in [0.1, 0.15) is 0 Å². The molecule has 0 radical (unpaired) electrons. The summed E-state index contributed by atoms with van der Waals surface area (Å²) in [5.41, 5.74) is -0.592. The smallest absolute Gasteiger partial charge is 0.309 e. The average Bonchev–Trinajstić information content (AvgIpc) is 2.56. The molecule has 0 amide bonds. The van der Waals surface area contributed by atoms with Gasteiger partial charge in [0, 0.05) is 6.04 Å². The third-order valence-electron chi connectivity index (χ3n) is 3.12. The first-order valence-electron chi connectivity index (χ1n) is 5.49. The van der Waals surface area contributed by atoms with Gasteiger partial charge >= 0.3 is 5.97 Å². The Morgan fingerprint density at radius 1 is 1.43 bits per heavy atom. The molecule has 0 aliphatic heterocycles. The number of carboxylic acid groups (broad SMARTS) is 1. The van der Waals surface area contributed by atoms with Crippen molar-refractivity contribution in [3.05, 3.63) is 0 Å². The minimum absolute atomic E-state index is 0.592. The molecule has 0 saturated heterocycles. The van der Waals surface area contributed by atoms with E-state index in [0.29, 0.717) is 12.5 Å². The van der Waals surface area contributed by atoms with Crippen LogP contribution in [-0.2, 0) is 4.79 Å². The van der Waals surface area contributed by atoms with Crippen LogP contribution in [0, 0.1) is 5.41 Å². The van der Waals surface area contributed by atoms with Gasteiger partial charge in [-0.3, -0.25) is 4.79 Å². The average molecular weight is 199 g/mol. The topological polar surface area (TPSA) is 49.3 Å². The molecular weight excluding hydrogens is 178 g/mol. The Morgan fingerprint density at radius 3 is 2.50 bits per heavy atom. The van der Waals surface area contributed by atoms with Crippen LogP contribution in [0.2, 0.25) is 0 Å². The van der Waals surface area contributed by atoms with Crippen LogP contribution in [0.25, 0.3) is 0 Å². The molecule has 0 atom stereocenters. The summed E-state index contributed by atoms with van der Waals surface area (Å²) >= 11 is 0. The molecule has 0 bridgehead atoms. The minimum Gasteiger partial charge on any atom is -0.481 e. The molecule has 3 nitrogen and oxygen atoms in total. The maximum Gasteiger partial charge on any atom is 0.309 e. The summed E-state index contributed by atoms with van der Waals surface area (Å²) in [5, 5.41) is 12.3. The van der Waals surface area contributed by atoms with E-state index in [9.17, 15) is 4.79 Å². The molecule has 82 valence electrons. The van der Waals surface area contributed by atoms with E-state index in [1.54, 1.807) is 13.8 Å². The molecule has 1 rings (SSSR count). The van der Waals surface area contributed by atoms with Crippen molar-refractivity contribution in [1.82, 2.24) is 5.32 Å². The predicted octanol–water partition coefficient (Wildman–Crippen LogP) is 2.02. The van der Waals surface area contributed by atoms with Crippen LogP contribution in [0.5, 0.6) is 0 Å². The SMILES string of the molecule is CC(C)(CCNC1CCCC1)C(=O)O. The predicted molar refractivity (Wildman–Crippen MR) is 56.3 cm³/mol. The number of hydrogen-bond donors (Lipinski definition) is 2. The van der Waals surface area contributed by atoms with Gasteiger partial charge < -0.3 is 10.4 Å². The van der Waals surface area contributed by atoms with Crippen LogP contribution >= 0.6 is 0 Å². The van der Waals surface area contributed by atoms with E-state index in [2.05, 4.69) is 5.32 Å². The number of hydrogen-bond acceptors (Lipinski definition) is 2. The number of nitrogens with one attached hydrogen (secondary N) is 1. The molecule has 14 heavy (non-hydrogen) atoms. The van der Waals surface area contributed by atoms with Gasteiger partial charge in [0.2, 0.25) is 0 Å². The zero-order valence-corrected chi connectivity index (χ0v) is 9.18. The lowest BCUT2D eigenvalue weighted by Gasteiger charge is -2.20. The van der Waals surface area contributed by atoms with Gasteiger partial charge in [-0.15, -0.1) is 0 Å². The molecule has 1 fully saturated rings. The van der Waals surface area contributed by atoms with E-state index in [1.807, 2.05) is 0 Å². The lowest BCUT2D eigenvalue weighted by molar-refractivity contribution is -0.147. The third kappa shape index (κ3) is 3.29. The van der Waals surface area contributed by atoms with E-state index < -0.39 is 11.4 Å². The number of aliphatic carboxylic acids is 1. The summed E-state index contributed by atoms with van der Waals surface area (Å²) in [7, 11) is 0. The molecule has 0 heterocycles. The molecule has 3 heteroatoms. The van der Waals surface area contributed by atoms with E-state index in [4.69, 9.17) is 5.11 Å². The maximum atomic E-state index is 10.8. The van der Waals surface area contributed by atoms with Crippen molar-refractivity contribution in [2.24, 2.45) is 5.41 Å². The molecule has 0 unspecified atom stereocenters. The molecular formula is C11H21NO2. The molecule has 0 aromatic heterocycles. The quantitative estimate of drug-likeness (QED) is 0.712. The van der Waals surface area contributed by atoms with Crippen molar-refractivity contribution in [2.75, 3.05) is 6.54 Å². The zero-order chi connectivity index (χ0) is 10.6. The normalized spacial score (nSPS) is 18.7. The number of carbonyl (C=O) groups is 1. The van der Waals surface area contributed by atoms with Gasteiger partial charge in [-0.2, -0.15) is 0 Å². The van der Waals surface area contributed by atoms with Crippen LogP contribution in [0.4, 0.5) is 0 Å². The molecule has 0 aromatic carbocycles. The lowest BCUT2D eigenvalue weighted by Crippen LogP contribution is -2.33. The highest BCUT2D eigenvalue weighted by Crippen LogP contribution is 2.21. The molecule has 1 aliphatic carbocycles. The number of carboxylic acids is 1. The highest BCUT2D eigenvalue weighted by atomic mass is 16.4. The fraction of sp³-hybridized carbons (Fsp3) is 0.909. The van der Waals surface area contributed by atoms with Crippen molar-refractivity contribution >= 4 is 5.97 Å². The summed E-state index contributed by atoms with van der Waals surface area (Å²) < 4.78 is 0. The van der Waals surface area contributed by atoms with Crippen LogP contribution in [0.1, 0.15) is 46.0 Å². The number of rotatable bonds is 5. The van der Waals surface area contributed by atoms with E-state index in [-0.39, 0.29) is 0 Å². The van der Waals surface area contributed by atoms with Gasteiger partial charge in [-0.25, -0.2) is 0 Å². The van der Waals surface area contributed by atoms with Crippen molar-refractivity contribution in [2.45, 2.75) is 52.0 Å². The van der Waals surface area contributed by atoms with Crippen LogP contribution < -0.4 is 5.32 Å². The summed E-state index contributed by atoms with van der Waals surface area (Å²) in [6.45, 7) is 4.39. The molecule has 1 saturated carbocycles. The molecule has 1 aliphatic rings. The zero-order valence-electron chi connectivity index (χ0n) is 9.18. The largest absolute Gasteiger partial charge is 0.481 e. The summed E-state index contributed by atoms with van der Waals surface area (Å²) in [4.78, 5) is 10.8. The maximum absolute atomic E-state index is 10.8. The van der Waals surface area contributed by atoms with Crippen LogP contribution in [0.3, 0.4) is 0 Å². The van der Waals surface area contributed by atoms with Gasteiger partial charge in [0.15, 0.2) is 0 Å². The Kier molecular flexibility index (Phi) is 3.93. The monoisotopic (exact) mass is 199 g/mol. The Hall–Kier alpha value is -0.570. The molecule has 0 aromatic rings. The Morgan fingerprint density at radius 2 is 2.00 bits per heavy atom. The highest BCUT2D eigenvalue weighted by molar-refractivity contribution is 5.73. The fourth-order valence-electron chi connectivity index (χ4n) is 1.83. The van der Waals surface area contributed by atoms with Gasteiger partial charge in [-0.1, -0.05) is 12.8 Å². The lowest BCUT2D eigenvalue weighted by atomic mass is 9.89. The first kappa shape index (κ1) is 11.5. The second-order valence-electron chi connectivity index (χ2n) is 4.87. The molecule has 0 spiro atoms. The minimum atomic E-state index is -0.703. The van der Waals surface area contributed by atoms with E-state index >= 15 is 0 Å². The van der Waals surface area contributed by atoms with Crippen molar-refractivity contribution in [3.8, 4) is 0 Å². The highest BCUT2D eigenvalue weighted by Gasteiger charge is 2.26. The first-order chi connectivity index (χ1) is 6.52. The van der Waals surface area contributed by atoms with E-state index in [1.165, 1.54) is 25.7 Å². The summed E-state index contributed by atoms with van der Waals surface area (Å²) in [6.07, 6.45) is 5.86. The van der Waals surface area contributed by atoms with Crippen molar-refractivity contribution < 1.29 is 9.90 Å². The van der Waals surface area contributed by atoms with Crippen LogP contribution in [-0.4, -0.2) is 23.7 Å². The Labute approximate surface area is 85.9 Å². The second kappa shape index (κ2) is 4.78. The summed E-state index contributed by atoms with van der Waals surface area (Å²) in [6, 6.07) is 0.639. The first-order valence-corrected chi connectivity index (χ1v) is 5.49. The fourth-order valence-corrected chi connectivity index (χ4v) is 1.83. The van der Waals surface area contributed by atoms with E-state index in [0.717, 1.165) is 6.54 Å². The third-order valence-corrected chi connectivity index (χ3v) is 3.12. The summed E-state index contributed by atoms with van der Waals surface area (Å²) in [5.74, 6) is -0.703. The standard InChI is InChI=1S/C11H21NO2/c1-11(2,10(13)14)7-8-12-9-5-3-4-6-9/h9,12H,3-8H2,1-2H3,(H,13,14). The molecule has 2 N–H and O–H groups in total. The van der Waals surface area contributed by atoms with Crippen molar-refractivity contribution in [1.29, 1.82) is 0 Å². The Balaban J connectivity index is 2.16.